The Bertz CT molecular complexity index is 615. The first-order valence-electron chi connectivity index (χ1n) is 7.50. The number of aromatic amines is 1. The van der Waals surface area contributed by atoms with Gasteiger partial charge in [0.25, 0.3) is 0 Å². The molecule has 0 atom stereocenters. The van der Waals surface area contributed by atoms with E-state index in [0.29, 0.717) is 13.0 Å². The van der Waals surface area contributed by atoms with Crippen LogP contribution in [0.5, 0.6) is 5.75 Å². The summed E-state index contributed by atoms with van der Waals surface area (Å²) in [6.07, 6.45) is 2.01. The Balaban J connectivity index is 1.74. The zero-order chi connectivity index (χ0) is 15.9. The second kappa shape index (κ2) is 7.64. The van der Waals surface area contributed by atoms with E-state index in [2.05, 4.69) is 15.5 Å². The fourth-order valence-electron chi connectivity index (χ4n) is 2.44. The normalized spacial score (nSPS) is 10.5. The van der Waals surface area contributed by atoms with Gasteiger partial charge in [0.05, 0.1) is 12.8 Å². The average Bonchev–Trinajstić information content (AvgIpc) is 2.84. The number of H-pyrrole nitrogens is 1. The van der Waals surface area contributed by atoms with Gasteiger partial charge in [-0.2, -0.15) is 5.10 Å². The van der Waals surface area contributed by atoms with Crippen molar-refractivity contribution in [1.29, 1.82) is 0 Å². The molecule has 2 aromatic rings. The Morgan fingerprint density at radius 2 is 2.14 bits per heavy atom. The van der Waals surface area contributed by atoms with Gasteiger partial charge in [-0.25, -0.2) is 0 Å². The van der Waals surface area contributed by atoms with Crippen molar-refractivity contribution in [3.63, 3.8) is 0 Å². The SMILES string of the molecule is COc1cccc(CCNC(=O)CCc2c(C)n[nH]c2C)c1. The summed E-state index contributed by atoms with van der Waals surface area (Å²) in [4.78, 5) is 11.9. The smallest absolute Gasteiger partial charge is 0.220 e. The number of aromatic nitrogens is 2. The number of hydrogen-bond acceptors (Lipinski definition) is 3. The predicted molar refractivity (Wildman–Crippen MR) is 86.1 cm³/mol. The number of hydrogen-bond donors (Lipinski definition) is 2. The molecule has 0 aliphatic rings. The molecule has 5 nitrogen and oxygen atoms in total. The number of ether oxygens (including phenoxy) is 1. The molecule has 22 heavy (non-hydrogen) atoms. The van der Waals surface area contributed by atoms with Crippen LogP contribution >= 0.6 is 0 Å². The van der Waals surface area contributed by atoms with E-state index in [4.69, 9.17) is 4.74 Å². The molecule has 0 bridgehead atoms. The number of aryl methyl sites for hydroxylation is 2. The first-order chi connectivity index (χ1) is 10.6. The van der Waals surface area contributed by atoms with E-state index in [1.807, 2.05) is 38.1 Å². The highest BCUT2D eigenvalue weighted by Crippen LogP contribution is 2.13. The maximum absolute atomic E-state index is 11.9. The van der Waals surface area contributed by atoms with Crippen LogP contribution in [-0.4, -0.2) is 29.8 Å². The minimum absolute atomic E-state index is 0.0721. The molecule has 5 heteroatoms. The van der Waals surface area contributed by atoms with Crippen molar-refractivity contribution >= 4 is 5.91 Å². The molecule has 1 heterocycles. The number of nitrogens with zero attached hydrogens (tertiary/aromatic N) is 1. The van der Waals surface area contributed by atoms with Gasteiger partial charge in [0.15, 0.2) is 0 Å². The van der Waals surface area contributed by atoms with Gasteiger partial charge < -0.3 is 10.1 Å². The fourth-order valence-corrected chi connectivity index (χ4v) is 2.44. The van der Waals surface area contributed by atoms with E-state index in [0.717, 1.165) is 41.1 Å². The second-order valence-corrected chi connectivity index (χ2v) is 5.36. The number of benzene rings is 1. The van der Waals surface area contributed by atoms with Crippen molar-refractivity contribution in [3.05, 3.63) is 46.8 Å². The summed E-state index contributed by atoms with van der Waals surface area (Å²) in [5, 5.41) is 10.0. The van der Waals surface area contributed by atoms with E-state index >= 15 is 0 Å². The van der Waals surface area contributed by atoms with Crippen molar-refractivity contribution in [1.82, 2.24) is 15.5 Å². The highest BCUT2D eigenvalue weighted by Gasteiger charge is 2.09. The van der Waals surface area contributed by atoms with E-state index in [1.165, 1.54) is 0 Å². The third-order valence-corrected chi connectivity index (χ3v) is 3.75. The first kappa shape index (κ1) is 16.1. The summed E-state index contributed by atoms with van der Waals surface area (Å²) in [6, 6.07) is 7.90. The average molecular weight is 301 g/mol. The Morgan fingerprint density at radius 1 is 1.32 bits per heavy atom. The van der Waals surface area contributed by atoms with E-state index in [9.17, 15) is 4.79 Å². The quantitative estimate of drug-likeness (QED) is 0.825. The Labute approximate surface area is 131 Å². The topological polar surface area (TPSA) is 67.0 Å². The lowest BCUT2D eigenvalue weighted by Crippen LogP contribution is -2.26. The number of carbonyl (C=O) groups is 1. The van der Waals surface area contributed by atoms with Crippen LogP contribution in [0.15, 0.2) is 24.3 Å². The number of nitrogens with one attached hydrogen (secondary N) is 2. The minimum Gasteiger partial charge on any atom is -0.497 e. The number of carbonyl (C=O) groups excluding carboxylic acids is 1. The third-order valence-electron chi connectivity index (χ3n) is 3.75. The molecule has 1 amide bonds. The van der Waals surface area contributed by atoms with Crippen LogP contribution in [0.2, 0.25) is 0 Å². The van der Waals surface area contributed by atoms with Gasteiger partial charge in [-0.3, -0.25) is 9.89 Å². The molecule has 0 aliphatic heterocycles. The minimum atomic E-state index is 0.0721. The van der Waals surface area contributed by atoms with Crippen LogP contribution in [0.4, 0.5) is 0 Å². The number of amides is 1. The summed E-state index contributed by atoms with van der Waals surface area (Å²) in [7, 11) is 1.65. The number of rotatable bonds is 7. The largest absolute Gasteiger partial charge is 0.497 e. The molecular weight excluding hydrogens is 278 g/mol. The summed E-state index contributed by atoms with van der Waals surface area (Å²) in [6.45, 7) is 4.57. The zero-order valence-electron chi connectivity index (χ0n) is 13.4. The Kier molecular flexibility index (Phi) is 5.58. The number of methoxy groups -OCH3 is 1. The van der Waals surface area contributed by atoms with Gasteiger partial charge in [-0.15, -0.1) is 0 Å². The van der Waals surface area contributed by atoms with Gasteiger partial charge in [0.1, 0.15) is 5.75 Å². The molecule has 0 fully saturated rings. The van der Waals surface area contributed by atoms with Crippen LogP contribution in [0.1, 0.15) is 28.9 Å². The molecule has 1 aromatic heterocycles. The first-order valence-corrected chi connectivity index (χ1v) is 7.50. The predicted octanol–water partition coefficient (Wildman–Crippen LogP) is 2.33. The zero-order valence-corrected chi connectivity index (χ0v) is 13.4. The standard InChI is InChI=1S/C17H23N3O2/c1-12-16(13(2)20-19-12)7-8-17(21)18-10-9-14-5-4-6-15(11-14)22-3/h4-6,11H,7-10H2,1-3H3,(H,18,21)(H,19,20). The molecule has 0 saturated heterocycles. The molecule has 118 valence electrons. The fraction of sp³-hybridized carbons (Fsp3) is 0.412. The highest BCUT2D eigenvalue weighted by atomic mass is 16.5. The van der Waals surface area contributed by atoms with Gasteiger partial charge in [0.2, 0.25) is 5.91 Å². The summed E-state index contributed by atoms with van der Waals surface area (Å²) >= 11 is 0. The molecule has 2 N–H and O–H groups in total. The third kappa shape index (κ3) is 4.35. The van der Waals surface area contributed by atoms with E-state index < -0.39 is 0 Å². The van der Waals surface area contributed by atoms with E-state index in [-0.39, 0.29) is 5.91 Å². The molecule has 0 unspecified atom stereocenters. The van der Waals surface area contributed by atoms with Crippen LogP contribution in [-0.2, 0) is 17.6 Å². The van der Waals surface area contributed by atoms with Crippen molar-refractivity contribution in [2.75, 3.05) is 13.7 Å². The summed E-state index contributed by atoms with van der Waals surface area (Å²) in [5.74, 6) is 0.914. The molecule has 0 aliphatic carbocycles. The Morgan fingerprint density at radius 3 is 2.82 bits per heavy atom. The van der Waals surface area contributed by atoms with Crippen LogP contribution in [0.25, 0.3) is 0 Å². The van der Waals surface area contributed by atoms with Crippen molar-refractivity contribution < 1.29 is 9.53 Å². The van der Waals surface area contributed by atoms with Gasteiger partial charge >= 0.3 is 0 Å². The van der Waals surface area contributed by atoms with Crippen LogP contribution < -0.4 is 10.1 Å². The van der Waals surface area contributed by atoms with Crippen LogP contribution in [0, 0.1) is 13.8 Å². The maximum atomic E-state index is 11.9. The summed E-state index contributed by atoms with van der Waals surface area (Å²) < 4.78 is 5.19. The Hall–Kier alpha value is -2.30. The van der Waals surface area contributed by atoms with Gasteiger partial charge in [-0.05, 0) is 49.9 Å². The molecule has 1 aromatic carbocycles. The highest BCUT2D eigenvalue weighted by molar-refractivity contribution is 5.76. The molecule has 0 spiro atoms. The van der Waals surface area contributed by atoms with Crippen molar-refractivity contribution in [2.45, 2.75) is 33.1 Å². The molecule has 2 rings (SSSR count). The van der Waals surface area contributed by atoms with Crippen LogP contribution in [0.3, 0.4) is 0 Å². The summed E-state index contributed by atoms with van der Waals surface area (Å²) in [5.41, 5.74) is 4.31. The second-order valence-electron chi connectivity index (χ2n) is 5.36. The van der Waals surface area contributed by atoms with Crippen molar-refractivity contribution in [3.8, 4) is 5.75 Å². The maximum Gasteiger partial charge on any atom is 0.220 e. The molecule has 0 saturated carbocycles. The lowest BCUT2D eigenvalue weighted by atomic mass is 10.1. The van der Waals surface area contributed by atoms with E-state index in [1.54, 1.807) is 7.11 Å². The molecular formula is C17H23N3O2. The van der Waals surface area contributed by atoms with Gasteiger partial charge in [0, 0.05) is 18.7 Å². The van der Waals surface area contributed by atoms with Crippen molar-refractivity contribution in [2.24, 2.45) is 0 Å². The lowest BCUT2D eigenvalue weighted by molar-refractivity contribution is -0.121. The molecule has 0 radical (unpaired) electrons. The van der Waals surface area contributed by atoms with Gasteiger partial charge in [-0.1, -0.05) is 12.1 Å². The monoisotopic (exact) mass is 301 g/mol. The lowest BCUT2D eigenvalue weighted by Gasteiger charge is -2.07.